The summed E-state index contributed by atoms with van der Waals surface area (Å²) in [6, 6.07) is 1.64. The molecular weight excluding hydrogens is 257 g/mol. The Morgan fingerprint density at radius 1 is 1.77 bits per heavy atom. The Hall–Kier alpha value is -0.480. The first-order valence-corrected chi connectivity index (χ1v) is 5.08. The quantitative estimate of drug-likeness (QED) is 0.853. The van der Waals surface area contributed by atoms with Crippen LogP contribution in [0.2, 0.25) is 0 Å². The summed E-state index contributed by atoms with van der Waals surface area (Å²) in [5.41, 5.74) is 0.539. The lowest BCUT2D eigenvalue weighted by Gasteiger charge is -1.99. The topological polar surface area (TPSA) is 42.2 Å². The van der Waals surface area contributed by atoms with E-state index >= 15 is 0 Å². The summed E-state index contributed by atoms with van der Waals surface area (Å²) < 4.78 is 5.69. The highest BCUT2D eigenvalue weighted by atomic mass is 79.9. The highest BCUT2D eigenvalue weighted by molar-refractivity contribution is 9.10. The molecule has 1 aromatic rings. The van der Waals surface area contributed by atoms with Crippen molar-refractivity contribution < 1.29 is 9.21 Å². The lowest BCUT2D eigenvalue weighted by molar-refractivity contribution is 0.0954. The van der Waals surface area contributed by atoms with Crippen LogP contribution in [-0.2, 0) is 0 Å². The molecule has 0 saturated carbocycles. The van der Waals surface area contributed by atoms with Gasteiger partial charge in [-0.25, -0.2) is 0 Å². The van der Waals surface area contributed by atoms with Crippen LogP contribution in [0, 0.1) is 6.92 Å². The highest BCUT2D eigenvalue weighted by Crippen LogP contribution is 2.19. The van der Waals surface area contributed by atoms with Crippen LogP contribution in [-0.4, -0.2) is 18.3 Å². The average Bonchev–Trinajstić information content (AvgIpc) is 2.41. The molecular formula is C8H9BrClNO2. The first kappa shape index (κ1) is 10.6. The first-order chi connectivity index (χ1) is 6.15. The Morgan fingerprint density at radius 3 is 2.92 bits per heavy atom. The zero-order chi connectivity index (χ0) is 9.84. The molecule has 1 heterocycles. The largest absolute Gasteiger partial charge is 0.454 e. The van der Waals surface area contributed by atoms with Gasteiger partial charge in [0.15, 0.2) is 4.67 Å². The average molecular weight is 267 g/mol. The molecule has 1 N–H and O–H groups in total. The molecule has 1 rings (SSSR count). The number of hydrogen-bond acceptors (Lipinski definition) is 2. The van der Waals surface area contributed by atoms with Gasteiger partial charge in [-0.05, 0) is 22.9 Å². The standard InChI is InChI=1S/C8H9BrClNO2/c1-5-6(4-7(9)13-5)8(12)11-3-2-10/h4H,2-3H2,1H3,(H,11,12). The van der Waals surface area contributed by atoms with Crippen LogP contribution in [0.1, 0.15) is 16.1 Å². The molecule has 0 aromatic carbocycles. The SMILES string of the molecule is Cc1oc(Br)cc1C(=O)NCCCl. The van der Waals surface area contributed by atoms with E-state index in [1.807, 2.05) is 0 Å². The molecule has 3 nitrogen and oxygen atoms in total. The van der Waals surface area contributed by atoms with Crippen molar-refractivity contribution in [2.75, 3.05) is 12.4 Å². The molecule has 0 unspecified atom stereocenters. The summed E-state index contributed by atoms with van der Waals surface area (Å²) in [5.74, 6) is 0.843. The van der Waals surface area contributed by atoms with Crippen molar-refractivity contribution in [1.82, 2.24) is 5.32 Å². The van der Waals surface area contributed by atoms with E-state index < -0.39 is 0 Å². The molecule has 0 aliphatic heterocycles. The summed E-state index contributed by atoms with van der Waals surface area (Å²) in [7, 11) is 0. The van der Waals surface area contributed by atoms with Crippen LogP contribution >= 0.6 is 27.5 Å². The highest BCUT2D eigenvalue weighted by Gasteiger charge is 2.12. The van der Waals surface area contributed by atoms with Gasteiger partial charge in [-0.15, -0.1) is 11.6 Å². The number of aryl methyl sites for hydroxylation is 1. The van der Waals surface area contributed by atoms with Crippen molar-refractivity contribution in [2.45, 2.75) is 6.92 Å². The Bertz CT molecular complexity index is 311. The lowest BCUT2D eigenvalue weighted by Crippen LogP contribution is -2.25. The number of amides is 1. The molecule has 13 heavy (non-hydrogen) atoms. The van der Waals surface area contributed by atoms with Gasteiger partial charge in [-0.3, -0.25) is 4.79 Å². The number of nitrogens with one attached hydrogen (secondary N) is 1. The molecule has 0 atom stereocenters. The Labute approximate surface area is 89.6 Å². The third-order valence-electron chi connectivity index (χ3n) is 1.51. The third kappa shape index (κ3) is 2.74. The molecule has 0 fully saturated rings. The van der Waals surface area contributed by atoms with Crippen LogP contribution < -0.4 is 5.32 Å². The number of carbonyl (C=O) groups excluding carboxylic acids is 1. The fourth-order valence-electron chi connectivity index (χ4n) is 0.927. The zero-order valence-corrected chi connectivity index (χ0v) is 9.41. The van der Waals surface area contributed by atoms with Crippen molar-refractivity contribution in [1.29, 1.82) is 0 Å². The summed E-state index contributed by atoms with van der Waals surface area (Å²) >= 11 is 8.58. The molecule has 5 heteroatoms. The van der Waals surface area contributed by atoms with Gasteiger partial charge >= 0.3 is 0 Å². The molecule has 0 bridgehead atoms. The van der Waals surface area contributed by atoms with E-state index in [0.717, 1.165) is 0 Å². The van der Waals surface area contributed by atoms with Gasteiger partial charge in [0.1, 0.15) is 5.76 Å². The maximum absolute atomic E-state index is 11.4. The van der Waals surface area contributed by atoms with Gasteiger partial charge in [0.2, 0.25) is 0 Å². The molecule has 1 aromatic heterocycles. The number of hydrogen-bond donors (Lipinski definition) is 1. The van der Waals surface area contributed by atoms with E-state index in [1.165, 1.54) is 0 Å². The maximum Gasteiger partial charge on any atom is 0.254 e. The van der Waals surface area contributed by atoms with Crippen molar-refractivity contribution in [3.05, 3.63) is 22.1 Å². The number of halogens is 2. The van der Waals surface area contributed by atoms with Gasteiger partial charge in [0, 0.05) is 18.5 Å². The van der Waals surface area contributed by atoms with Crippen LogP contribution in [0.15, 0.2) is 15.2 Å². The number of furan rings is 1. The predicted octanol–water partition coefficient (Wildman–Crippen LogP) is 2.32. The third-order valence-corrected chi connectivity index (χ3v) is 2.09. The monoisotopic (exact) mass is 265 g/mol. The second-order valence-electron chi connectivity index (χ2n) is 2.47. The van der Waals surface area contributed by atoms with Gasteiger partial charge < -0.3 is 9.73 Å². The summed E-state index contributed by atoms with van der Waals surface area (Å²) in [5, 5.41) is 2.65. The fourth-order valence-corrected chi connectivity index (χ4v) is 1.49. The van der Waals surface area contributed by atoms with E-state index in [2.05, 4.69) is 21.2 Å². The molecule has 0 aliphatic rings. The molecule has 0 radical (unpaired) electrons. The second-order valence-corrected chi connectivity index (χ2v) is 3.62. The predicted molar refractivity (Wildman–Crippen MR) is 54.2 cm³/mol. The summed E-state index contributed by atoms with van der Waals surface area (Å²) in [6.07, 6.45) is 0. The van der Waals surface area contributed by atoms with Gasteiger partial charge in [-0.2, -0.15) is 0 Å². The number of rotatable bonds is 3. The first-order valence-electron chi connectivity index (χ1n) is 3.75. The van der Waals surface area contributed by atoms with Crippen molar-refractivity contribution in [3.8, 4) is 0 Å². The summed E-state index contributed by atoms with van der Waals surface area (Å²) in [4.78, 5) is 11.4. The minimum Gasteiger partial charge on any atom is -0.454 e. The molecule has 0 aliphatic carbocycles. The van der Waals surface area contributed by atoms with Crippen molar-refractivity contribution in [3.63, 3.8) is 0 Å². The van der Waals surface area contributed by atoms with Crippen LogP contribution in [0.3, 0.4) is 0 Å². The van der Waals surface area contributed by atoms with Crippen LogP contribution in [0.25, 0.3) is 0 Å². The number of alkyl halides is 1. The van der Waals surface area contributed by atoms with Crippen LogP contribution in [0.4, 0.5) is 0 Å². The van der Waals surface area contributed by atoms with E-state index in [-0.39, 0.29) is 5.91 Å². The minimum absolute atomic E-state index is 0.160. The Balaban J connectivity index is 2.70. The zero-order valence-electron chi connectivity index (χ0n) is 7.06. The summed E-state index contributed by atoms with van der Waals surface area (Å²) in [6.45, 7) is 2.20. The molecule has 1 amide bonds. The van der Waals surface area contributed by atoms with Gasteiger partial charge in [-0.1, -0.05) is 0 Å². The van der Waals surface area contributed by atoms with E-state index in [9.17, 15) is 4.79 Å². The Kier molecular flexibility index (Phi) is 3.81. The van der Waals surface area contributed by atoms with Crippen LogP contribution in [0.5, 0.6) is 0 Å². The lowest BCUT2D eigenvalue weighted by atomic mass is 10.2. The number of carbonyl (C=O) groups is 1. The molecule has 0 spiro atoms. The smallest absolute Gasteiger partial charge is 0.254 e. The normalized spacial score (nSPS) is 10.1. The van der Waals surface area contributed by atoms with E-state index in [4.69, 9.17) is 16.0 Å². The Morgan fingerprint density at radius 2 is 2.46 bits per heavy atom. The van der Waals surface area contributed by atoms with Crippen molar-refractivity contribution >= 4 is 33.4 Å². The van der Waals surface area contributed by atoms with Gasteiger partial charge in [0.05, 0.1) is 5.56 Å². The van der Waals surface area contributed by atoms with E-state index in [1.54, 1.807) is 13.0 Å². The maximum atomic E-state index is 11.4. The minimum atomic E-state index is -0.160. The van der Waals surface area contributed by atoms with Crippen molar-refractivity contribution in [2.24, 2.45) is 0 Å². The molecule has 0 saturated heterocycles. The van der Waals surface area contributed by atoms with E-state index in [0.29, 0.717) is 28.4 Å². The molecule has 72 valence electrons. The fraction of sp³-hybridized carbons (Fsp3) is 0.375. The second kappa shape index (κ2) is 4.67. The van der Waals surface area contributed by atoms with Gasteiger partial charge in [0.25, 0.3) is 5.91 Å².